The zero-order valence-electron chi connectivity index (χ0n) is 19.5. The van der Waals surface area contributed by atoms with E-state index >= 15 is 0 Å². The number of hydrogen-bond acceptors (Lipinski definition) is 6. The highest BCUT2D eigenvalue weighted by Crippen LogP contribution is 2.34. The molecule has 0 atom stereocenters. The van der Waals surface area contributed by atoms with Crippen LogP contribution in [0.2, 0.25) is 0 Å². The molecule has 1 aliphatic carbocycles. The molecule has 0 amide bonds. The van der Waals surface area contributed by atoms with E-state index in [0.29, 0.717) is 37.9 Å². The summed E-state index contributed by atoms with van der Waals surface area (Å²) in [5.74, 6) is -1.22. The quantitative estimate of drug-likeness (QED) is 0.334. The first-order valence-electron chi connectivity index (χ1n) is 11.8. The number of rotatable bonds is 4. The van der Waals surface area contributed by atoms with E-state index in [4.69, 9.17) is 4.74 Å². The molecule has 0 spiro atoms. The highest BCUT2D eigenvalue weighted by molar-refractivity contribution is 5.87. The lowest BCUT2D eigenvalue weighted by Gasteiger charge is -2.21. The molecule has 36 heavy (non-hydrogen) atoms. The summed E-state index contributed by atoms with van der Waals surface area (Å²) < 4.78 is 61.8. The van der Waals surface area contributed by atoms with E-state index in [2.05, 4.69) is 25.0 Å². The fraction of sp³-hybridized carbons (Fsp3) is 0.400. The standard InChI is InChI=1S/C19H16F4N4O.C6H8N2/c1-9-14(17(22)23)25-16-15(12-3-2-11(20)8-13(12)21)26-18(27-19(16)24-9)10-4-6-28-7-5-10;1-4-7-8(5-1)6-2-3-6/h2-3,8,10,17H,4-7H2,1H3;1,4-6H,2-3H2. The molecule has 4 aromatic rings. The zero-order valence-corrected chi connectivity index (χ0v) is 19.5. The molecular weight excluding hydrogens is 476 g/mol. The van der Waals surface area contributed by atoms with Gasteiger partial charge in [0.25, 0.3) is 6.43 Å². The first kappa shape index (κ1) is 24.2. The van der Waals surface area contributed by atoms with Crippen LogP contribution in [0.5, 0.6) is 0 Å². The number of hydrogen-bond donors (Lipinski definition) is 0. The van der Waals surface area contributed by atoms with Crippen LogP contribution >= 0.6 is 0 Å². The molecule has 4 heterocycles. The van der Waals surface area contributed by atoms with Crippen LogP contribution in [0.3, 0.4) is 0 Å². The van der Waals surface area contributed by atoms with Crippen LogP contribution in [-0.2, 0) is 4.74 Å². The smallest absolute Gasteiger partial charge is 0.282 e. The van der Waals surface area contributed by atoms with E-state index in [1.807, 2.05) is 23.1 Å². The Morgan fingerprint density at radius 1 is 1.00 bits per heavy atom. The number of nitrogens with zero attached hydrogens (tertiary/aromatic N) is 6. The Kier molecular flexibility index (Phi) is 6.90. The molecule has 0 N–H and O–H groups in total. The second kappa shape index (κ2) is 10.3. The summed E-state index contributed by atoms with van der Waals surface area (Å²) in [7, 11) is 0. The molecule has 0 bridgehead atoms. The average molecular weight is 501 g/mol. The third kappa shape index (κ3) is 5.20. The Morgan fingerprint density at radius 2 is 1.78 bits per heavy atom. The summed E-state index contributed by atoms with van der Waals surface area (Å²) in [6, 6.07) is 5.72. The van der Waals surface area contributed by atoms with Gasteiger partial charge in [-0.15, -0.1) is 0 Å². The van der Waals surface area contributed by atoms with Crippen molar-refractivity contribution in [2.24, 2.45) is 0 Å². The van der Waals surface area contributed by atoms with Crippen molar-refractivity contribution < 1.29 is 22.3 Å². The SMILES string of the molecule is Cc1nc2nc(C3CCOCC3)nc(-c3ccc(F)cc3F)c2nc1C(F)F.c1cnn(C2CC2)c1. The summed E-state index contributed by atoms with van der Waals surface area (Å²) in [5, 5.41) is 4.09. The van der Waals surface area contributed by atoms with E-state index in [1.54, 1.807) is 0 Å². The summed E-state index contributed by atoms with van der Waals surface area (Å²) in [6.45, 7) is 2.50. The Balaban J connectivity index is 0.000000280. The van der Waals surface area contributed by atoms with Crippen LogP contribution in [-0.4, -0.2) is 42.9 Å². The predicted octanol–water partition coefficient (Wildman–Crippen LogP) is 5.72. The maximum atomic E-state index is 14.5. The van der Waals surface area contributed by atoms with Gasteiger partial charge in [-0.1, -0.05) is 0 Å². The van der Waals surface area contributed by atoms with Gasteiger partial charge >= 0.3 is 0 Å². The monoisotopic (exact) mass is 500 g/mol. The van der Waals surface area contributed by atoms with Gasteiger partial charge < -0.3 is 4.74 Å². The number of fused-ring (bicyclic) bond motifs is 1. The first-order chi connectivity index (χ1) is 17.4. The number of benzene rings is 1. The van der Waals surface area contributed by atoms with Crippen LogP contribution in [0.15, 0.2) is 36.7 Å². The highest BCUT2D eigenvalue weighted by Gasteiger charge is 2.25. The van der Waals surface area contributed by atoms with Crippen molar-refractivity contribution in [3.63, 3.8) is 0 Å². The lowest BCUT2D eigenvalue weighted by Crippen LogP contribution is -2.17. The van der Waals surface area contributed by atoms with Crippen molar-refractivity contribution >= 4 is 11.2 Å². The topological polar surface area (TPSA) is 78.6 Å². The highest BCUT2D eigenvalue weighted by atomic mass is 19.3. The second-order valence-electron chi connectivity index (χ2n) is 8.83. The molecule has 7 nitrogen and oxygen atoms in total. The molecule has 1 saturated heterocycles. The molecular formula is C25H24F4N6O. The maximum absolute atomic E-state index is 14.5. The van der Waals surface area contributed by atoms with Gasteiger partial charge in [-0.3, -0.25) is 4.68 Å². The van der Waals surface area contributed by atoms with Crippen LogP contribution in [0.25, 0.3) is 22.4 Å². The fourth-order valence-electron chi connectivity index (χ4n) is 4.11. The minimum atomic E-state index is -2.85. The molecule has 6 rings (SSSR count). The third-order valence-electron chi connectivity index (χ3n) is 6.18. The van der Waals surface area contributed by atoms with Crippen molar-refractivity contribution in [3.05, 3.63) is 65.5 Å². The molecule has 2 aliphatic rings. The van der Waals surface area contributed by atoms with Gasteiger partial charge in [0.1, 0.15) is 34.4 Å². The van der Waals surface area contributed by atoms with Crippen LogP contribution in [0.4, 0.5) is 17.6 Å². The van der Waals surface area contributed by atoms with Crippen LogP contribution < -0.4 is 0 Å². The van der Waals surface area contributed by atoms with Crippen molar-refractivity contribution in [1.29, 1.82) is 0 Å². The molecule has 1 aliphatic heterocycles. The van der Waals surface area contributed by atoms with Gasteiger partial charge in [0, 0.05) is 43.2 Å². The number of alkyl halides is 2. The van der Waals surface area contributed by atoms with Crippen molar-refractivity contribution in [2.45, 2.75) is 51.0 Å². The molecule has 2 fully saturated rings. The molecule has 3 aromatic heterocycles. The normalized spacial score (nSPS) is 16.3. The summed E-state index contributed by atoms with van der Waals surface area (Å²) >= 11 is 0. The van der Waals surface area contributed by atoms with E-state index in [0.717, 1.165) is 12.1 Å². The number of aryl methyl sites for hydroxylation is 1. The minimum Gasteiger partial charge on any atom is -0.381 e. The zero-order chi connectivity index (χ0) is 25.2. The minimum absolute atomic E-state index is 0.0263. The van der Waals surface area contributed by atoms with Gasteiger partial charge in [0.05, 0.1) is 11.7 Å². The van der Waals surface area contributed by atoms with Gasteiger partial charge in [0.15, 0.2) is 5.65 Å². The number of aromatic nitrogens is 6. The third-order valence-corrected chi connectivity index (χ3v) is 6.18. The first-order valence-corrected chi connectivity index (χ1v) is 11.8. The Morgan fingerprint density at radius 3 is 2.42 bits per heavy atom. The summed E-state index contributed by atoms with van der Waals surface area (Å²) in [4.78, 5) is 17.0. The van der Waals surface area contributed by atoms with Gasteiger partial charge in [0.2, 0.25) is 0 Å². The predicted molar refractivity (Wildman–Crippen MR) is 123 cm³/mol. The Labute approximate surface area is 204 Å². The van der Waals surface area contributed by atoms with Crippen molar-refractivity contribution in [2.75, 3.05) is 13.2 Å². The van der Waals surface area contributed by atoms with E-state index in [-0.39, 0.29) is 34.0 Å². The number of ether oxygens (including phenoxy) is 1. The average Bonchev–Trinajstić information content (AvgIpc) is 3.57. The lowest BCUT2D eigenvalue weighted by molar-refractivity contribution is 0.0836. The van der Waals surface area contributed by atoms with E-state index < -0.39 is 23.8 Å². The lowest BCUT2D eigenvalue weighted by atomic mass is 9.99. The Hall–Kier alpha value is -3.47. The Bertz CT molecular complexity index is 1350. The fourth-order valence-corrected chi connectivity index (χ4v) is 4.11. The molecule has 11 heteroatoms. The molecule has 188 valence electrons. The van der Waals surface area contributed by atoms with Gasteiger partial charge in [-0.05, 0) is 50.8 Å². The van der Waals surface area contributed by atoms with Crippen LogP contribution in [0, 0.1) is 18.6 Å². The molecule has 1 aromatic carbocycles. The second-order valence-corrected chi connectivity index (χ2v) is 8.83. The van der Waals surface area contributed by atoms with Crippen molar-refractivity contribution in [3.8, 4) is 11.3 Å². The molecule has 1 saturated carbocycles. The molecule has 0 radical (unpaired) electrons. The van der Waals surface area contributed by atoms with Crippen LogP contribution in [0.1, 0.15) is 61.3 Å². The van der Waals surface area contributed by atoms with E-state index in [1.165, 1.54) is 25.8 Å². The number of halogens is 4. The molecule has 0 unspecified atom stereocenters. The van der Waals surface area contributed by atoms with E-state index in [9.17, 15) is 17.6 Å². The van der Waals surface area contributed by atoms with Gasteiger partial charge in [-0.2, -0.15) is 5.10 Å². The maximum Gasteiger partial charge on any atom is 0.282 e. The summed E-state index contributed by atoms with van der Waals surface area (Å²) in [6.07, 6.45) is 5.01. The van der Waals surface area contributed by atoms with Gasteiger partial charge in [-0.25, -0.2) is 37.5 Å². The summed E-state index contributed by atoms with van der Waals surface area (Å²) in [5.41, 5.74) is -0.415. The van der Waals surface area contributed by atoms with Crippen molar-refractivity contribution in [1.82, 2.24) is 29.7 Å². The largest absolute Gasteiger partial charge is 0.381 e.